The largest absolute Gasteiger partial charge is 0.369 e. The fraction of sp³-hybridized carbons (Fsp3) is 0.867. The van der Waals surface area contributed by atoms with Gasteiger partial charge in [-0.1, -0.05) is 33.6 Å². The molecule has 19 heavy (non-hydrogen) atoms. The van der Waals surface area contributed by atoms with E-state index < -0.39 is 0 Å². The summed E-state index contributed by atoms with van der Waals surface area (Å²) >= 11 is 0. The summed E-state index contributed by atoms with van der Waals surface area (Å²) in [4.78, 5) is 24.1. The SMILES string of the molecule is CCCCC(C(N)=O)C(C(=O)NC(C)(C)C)C(C)C. The molecule has 0 aliphatic rings. The lowest BCUT2D eigenvalue weighted by molar-refractivity contribution is -0.136. The van der Waals surface area contributed by atoms with E-state index in [1.54, 1.807) is 0 Å². The molecule has 0 aromatic rings. The molecule has 0 heterocycles. The highest BCUT2D eigenvalue weighted by atomic mass is 16.2. The van der Waals surface area contributed by atoms with Crippen LogP contribution in [0, 0.1) is 17.8 Å². The summed E-state index contributed by atoms with van der Waals surface area (Å²) in [6.45, 7) is 11.8. The molecule has 3 N–H and O–H groups in total. The Morgan fingerprint density at radius 2 is 1.74 bits per heavy atom. The van der Waals surface area contributed by atoms with Crippen molar-refractivity contribution in [1.29, 1.82) is 0 Å². The lowest BCUT2D eigenvalue weighted by Gasteiger charge is -2.31. The Morgan fingerprint density at radius 1 is 1.21 bits per heavy atom. The molecule has 0 aliphatic heterocycles. The van der Waals surface area contributed by atoms with E-state index in [9.17, 15) is 9.59 Å². The fourth-order valence-corrected chi connectivity index (χ4v) is 2.33. The summed E-state index contributed by atoms with van der Waals surface area (Å²) < 4.78 is 0. The smallest absolute Gasteiger partial charge is 0.224 e. The molecule has 0 aromatic heterocycles. The van der Waals surface area contributed by atoms with Gasteiger partial charge >= 0.3 is 0 Å². The molecule has 4 heteroatoms. The van der Waals surface area contributed by atoms with Gasteiger partial charge in [0.25, 0.3) is 0 Å². The van der Waals surface area contributed by atoms with Crippen molar-refractivity contribution in [3.63, 3.8) is 0 Å². The molecule has 0 bridgehead atoms. The maximum atomic E-state index is 12.4. The number of nitrogens with two attached hydrogens (primary N) is 1. The van der Waals surface area contributed by atoms with E-state index >= 15 is 0 Å². The number of primary amides is 1. The first-order valence-electron chi connectivity index (χ1n) is 7.21. The number of carbonyl (C=O) groups is 2. The van der Waals surface area contributed by atoms with Crippen LogP contribution in [0.25, 0.3) is 0 Å². The topological polar surface area (TPSA) is 72.2 Å². The molecule has 2 atom stereocenters. The van der Waals surface area contributed by atoms with Crippen LogP contribution in [0.15, 0.2) is 0 Å². The van der Waals surface area contributed by atoms with Gasteiger partial charge in [0.05, 0.1) is 5.92 Å². The molecule has 0 rings (SSSR count). The maximum absolute atomic E-state index is 12.4. The number of rotatable bonds is 7. The second-order valence-corrected chi connectivity index (χ2v) is 6.66. The molecule has 0 saturated carbocycles. The summed E-state index contributed by atoms with van der Waals surface area (Å²) in [7, 11) is 0. The molecule has 4 nitrogen and oxygen atoms in total. The second-order valence-electron chi connectivity index (χ2n) is 6.66. The molecule has 0 radical (unpaired) electrons. The lowest BCUT2D eigenvalue weighted by atomic mass is 9.79. The Bertz CT molecular complexity index is 306. The van der Waals surface area contributed by atoms with Crippen LogP contribution in [0.1, 0.15) is 60.8 Å². The van der Waals surface area contributed by atoms with Crippen molar-refractivity contribution in [3.05, 3.63) is 0 Å². The van der Waals surface area contributed by atoms with Crippen molar-refractivity contribution >= 4 is 11.8 Å². The first-order chi connectivity index (χ1) is 8.60. The Morgan fingerprint density at radius 3 is 2.05 bits per heavy atom. The number of nitrogens with one attached hydrogen (secondary N) is 1. The molecule has 2 unspecified atom stereocenters. The van der Waals surface area contributed by atoms with Crippen LogP contribution >= 0.6 is 0 Å². The van der Waals surface area contributed by atoms with Gasteiger partial charge in [-0.05, 0) is 33.1 Å². The highest BCUT2D eigenvalue weighted by molar-refractivity contribution is 5.87. The van der Waals surface area contributed by atoms with Crippen LogP contribution in [-0.2, 0) is 9.59 Å². The van der Waals surface area contributed by atoms with Crippen LogP contribution in [0.2, 0.25) is 0 Å². The Balaban J connectivity index is 5.03. The number of carbonyl (C=O) groups excluding carboxylic acids is 2. The van der Waals surface area contributed by atoms with Gasteiger partial charge in [-0.25, -0.2) is 0 Å². The zero-order chi connectivity index (χ0) is 15.2. The predicted molar refractivity (Wildman–Crippen MR) is 78.4 cm³/mol. The minimum atomic E-state index is -0.373. The van der Waals surface area contributed by atoms with Gasteiger partial charge in [0.15, 0.2) is 0 Å². The third kappa shape index (κ3) is 6.60. The maximum Gasteiger partial charge on any atom is 0.224 e. The van der Waals surface area contributed by atoms with Crippen molar-refractivity contribution in [2.45, 2.75) is 66.3 Å². The number of hydrogen-bond acceptors (Lipinski definition) is 2. The summed E-state index contributed by atoms with van der Waals surface area (Å²) in [5, 5.41) is 2.97. The third-order valence-corrected chi connectivity index (χ3v) is 3.19. The van der Waals surface area contributed by atoms with Crippen LogP contribution in [0.3, 0.4) is 0 Å². The van der Waals surface area contributed by atoms with Gasteiger partial charge in [-0.15, -0.1) is 0 Å². The van der Waals surface area contributed by atoms with Gasteiger partial charge in [0.2, 0.25) is 11.8 Å². The van der Waals surface area contributed by atoms with Gasteiger partial charge < -0.3 is 11.1 Å². The first kappa shape index (κ1) is 17.9. The van der Waals surface area contributed by atoms with E-state index in [1.807, 2.05) is 34.6 Å². The van der Waals surface area contributed by atoms with Gasteiger partial charge in [-0.2, -0.15) is 0 Å². The Kier molecular flexibility index (Phi) is 7.09. The Labute approximate surface area is 117 Å². The Hall–Kier alpha value is -1.06. The highest BCUT2D eigenvalue weighted by Crippen LogP contribution is 2.26. The quantitative estimate of drug-likeness (QED) is 0.746. The molecule has 0 spiro atoms. The van der Waals surface area contributed by atoms with Crippen LogP contribution in [-0.4, -0.2) is 17.4 Å². The van der Waals surface area contributed by atoms with Crippen LogP contribution in [0.5, 0.6) is 0 Å². The number of amides is 2. The van der Waals surface area contributed by atoms with Crippen molar-refractivity contribution in [3.8, 4) is 0 Å². The second kappa shape index (κ2) is 7.51. The van der Waals surface area contributed by atoms with Gasteiger partial charge in [0, 0.05) is 11.5 Å². The average Bonchev–Trinajstić information content (AvgIpc) is 2.19. The zero-order valence-corrected chi connectivity index (χ0v) is 13.2. The monoisotopic (exact) mass is 270 g/mol. The summed E-state index contributed by atoms with van der Waals surface area (Å²) in [6.07, 6.45) is 2.60. The van der Waals surface area contributed by atoms with E-state index in [1.165, 1.54) is 0 Å². The summed E-state index contributed by atoms with van der Waals surface area (Å²) in [5.41, 5.74) is 5.20. The molecule has 0 fully saturated rings. The summed E-state index contributed by atoms with van der Waals surface area (Å²) in [5.74, 6) is -1.05. The molecule has 0 aromatic carbocycles. The van der Waals surface area contributed by atoms with Gasteiger partial charge in [0.1, 0.15) is 0 Å². The van der Waals surface area contributed by atoms with E-state index in [0.29, 0.717) is 6.42 Å². The molecule has 112 valence electrons. The number of unbranched alkanes of at least 4 members (excludes halogenated alkanes) is 1. The van der Waals surface area contributed by atoms with Crippen molar-refractivity contribution < 1.29 is 9.59 Å². The van der Waals surface area contributed by atoms with E-state index in [4.69, 9.17) is 5.73 Å². The molecular weight excluding hydrogens is 240 g/mol. The number of hydrogen-bond donors (Lipinski definition) is 2. The van der Waals surface area contributed by atoms with Crippen LogP contribution in [0.4, 0.5) is 0 Å². The lowest BCUT2D eigenvalue weighted by Crippen LogP contribution is -2.49. The van der Waals surface area contributed by atoms with Gasteiger partial charge in [-0.3, -0.25) is 9.59 Å². The molecule has 0 saturated heterocycles. The standard InChI is InChI=1S/C15H30N2O2/c1-7-8-9-11(13(16)18)12(10(2)3)14(19)17-15(4,5)6/h10-12H,7-9H2,1-6H3,(H2,16,18)(H,17,19). The molecule has 2 amide bonds. The van der Waals surface area contributed by atoms with Crippen molar-refractivity contribution in [2.24, 2.45) is 23.5 Å². The molecule has 0 aliphatic carbocycles. The highest BCUT2D eigenvalue weighted by Gasteiger charge is 2.35. The third-order valence-electron chi connectivity index (χ3n) is 3.19. The molecular formula is C15H30N2O2. The normalized spacial score (nSPS) is 15.1. The minimum absolute atomic E-state index is 0.0672. The average molecular weight is 270 g/mol. The fourth-order valence-electron chi connectivity index (χ4n) is 2.33. The minimum Gasteiger partial charge on any atom is -0.369 e. The van der Waals surface area contributed by atoms with E-state index in [-0.39, 0.29) is 35.1 Å². The van der Waals surface area contributed by atoms with Crippen LogP contribution < -0.4 is 11.1 Å². The first-order valence-corrected chi connectivity index (χ1v) is 7.21. The van der Waals surface area contributed by atoms with Crippen molar-refractivity contribution in [1.82, 2.24) is 5.32 Å². The zero-order valence-electron chi connectivity index (χ0n) is 13.2. The van der Waals surface area contributed by atoms with E-state index in [0.717, 1.165) is 12.8 Å². The van der Waals surface area contributed by atoms with E-state index in [2.05, 4.69) is 12.2 Å². The summed E-state index contributed by atoms with van der Waals surface area (Å²) in [6, 6.07) is 0. The van der Waals surface area contributed by atoms with Crippen molar-refractivity contribution in [2.75, 3.05) is 0 Å². The predicted octanol–water partition coefficient (Wildman–Crippen LogP) is 2.46.